The second-order valence-electron chi connectivity index (χ2n) is 7.76. The van der Waals surface area contributed by atoms with Crippen LogP contribution in [0.15, 0.2) is 77.0 Å². The molecule has 4 rings (SSSR count). The van der Waals surface area contributed by atoms with Crippen LogP contribution in [-0.4, -0.2) is 19.3 Å². The molecule has 0 fully saturated rings. The molecule has 1 heterocycles. The van der Waals surface area contributed by atoms with Crippen molar-refractivity contribution in [2.75, 3.05) is 10.0 Å². The van der Waals surface area contributed by atoms with Gasteiger partial charge in [-0.25, -0.2) is 13.4 Å². The first-order valence-electron chi connectivity index (χ1n) is 10.3. The van der Waals surface area contributed by atoms with Gasteiger partial charge in [0.05, 0.1) is 21.8 Å². The van der Waals surface area contributed by atoms with E-state index in [9.17, 15) is 13.2 Å². The lowest BCUT2D eigenvalue weighted by Gasteiger charge is -2.12. The Hall–Kier alpha value is -3.49. The van der Waals surface area contributed by atoms with Crippen molar-refractivity contribution in [2.45, 2.75) is 25.7 Å². The lowest BCUT2D eigenvalue weighted by molar-refractivity contribution is 0.102. The molecule has 0 saturated carbocycles. The highest BCUT2D eigenvalue weighted by atomic mass is 32.2. The molecule has 168 valence electrons. The van der Waals surface area contributed by atoms with Crippen molar-refractivity contribution < 1.29 is 13.2 Å². The quantitative estimate of drug-likeness (QED) is 0.368. The van der Waals surface area contributed by atoms with Crippen LogP contribution in [-0.2, 0) is 10.0 Å². The molecule has 0 aliphatic carbocycles. The highest BCUT2D eigenvalue weighted by Crippen LogP contribution is 2.28. The van der Waals surface area contributed by atoms with Gasteiger partial charge >= 0.3 is 0 Å². The van der Waals surface area contributed by atoms with Gasteiger partial charge in [-0.3, -0.25) is 14.8 Å². The Labute approximate surface area is 197 Å². The number of sulfonamides is 1. The lowest BCUT2D eigenvalue weighted by Crippen LogP contribution is -2.18. The van der Waals surface area contributed by atoms with Gasteiger partial charge in [0.15, 0.2) is 5.13 Å². The predicted octanol–water partition coefficient (Wildman–Crippen LogP) is 5.79. The zero-order chi connectivity index (χ0) is 23.6. The summed E-state index contributed by atoms with van der Waals surface area (Å²) in [4.78, 5) is 17.6. The summed E-state index contributed by atoms with van der Waals surface area (Å²) in [6, 6.07) is 19.1. The molecule has 8 heteroatoms. The summed E-state index contributed by atoms with van der Waals surface area (Å²) in [6.45, 7) is 5.98. The fourth-order valence-electron chi connectivity index (χ4n) is 3.22. The molecule has 0 radical (unpaired) electrons. The summed E-state index contributed by atoms with van der Waals surface area (Å²) < 4.78 is 28.1. The van der Waals surface area contributed by atoms with Gasteiger partial charge in [-0.05, 0) is 62.2 Å². The Morgan fingerprint density at radius 1 is 0.909 bits per heavy atom. The molecule has 4 aromatic rings. The third-order valence-corrected chi connectivity index (χ3v) is 7.41. The number of carbonyl (C=O) groups is 1. The molecule has 1 aromatic heterocycles. The number of anilines is 2. The van der Waals surface area contributed by atoms with Gasteiger partial charge in [0.2, 0.25) is 0 Å². The summed E-state index contributed by atoms with van der Waals surface area (Å²) >= 11 is 1.31. The largest absolute Gasteiger partial charge is 0.298 e. The Balaban J connectivity index is 1.55. The summed E-state index contributed by atoms with van der Waals surface area (Å²) in [5, 5.41) is 5.10. The van der Waals surface area contributed by atoms with Gasteiger partial charge in [0.1, 0.15) is 0 Å². The van der Waals surface area contributed by atoms with E-state index in [-0.39, 0.29) is 16.1 Å². The van der Waals surface area contributed by atoms with Gasteiger partial charge in [-0.1, -0.05) is 42.0 Å². The van der Waals surface area contributed by atoms with Gasteiger partial charge in [0, 0.05) is 10.9 Å². The summed E-state index contributed by atoms with van der Waals surface area (Å²) in [5.74, 6) is -0.446. The van der Waals surface area contributed by atoms with Crippen LogP contribution in [0, 0.1) is 20.8 Å². The second-order valence-corrected chi connectivity index (χ2v) is 10.3. The number of aromatic nitrogens is 1. The average molecular weight is 478 g/mol. The van der Waals surface area contributed by atoms with Crippen molar-refractivity contribution in [2.24, 2.45) is 0 Å². The fourth-order valence-corrected chi connectivity index (χ4v) is 5.01. The number of hydrogen-bond acceptors (Lipinski definition) is 5. The number of hydrogen-bond donors (Lipinski definition) is 2. The van der Waals surface area contributed by atoms with Crippen LogP contribution < -0.4 is 10.0 Å². The third-order valence-electron chi connectivity index (χ3n) is 5.27. The van der Waals surface area contributed by atoms with E-state index in [0.717, 1.165) is 16.8 Å². The zero-order valence-electron chi connectivity index (χ0n) is 18.4. The minimum Gasteiger partial charge on any atom is -0.298 e. The molecule has 0 atom stereocenters. The predicted molar refractivity (Wildman–Crippen MR) is 133 cm³/mol. The first kappa shape index (κ1) is 22.7. The molecule has 1 amide bonds. The average Bonchev–Trinajstić information content (AvgIpc) is 3.24. The van der Waals surface area contributed by atoms with Crippen LogP contribution >= 0.6 is 11.3 Å². The molecule has 6 nitrogen and oxygen atoms in total. The normalized spacial score (nSPS) is 11.2. The molecule has 2 N–H and O–H groups in total. The molecule has 0 aliphatic heterocycles. The van der Waals surface area contributed by atoms with Crippen molar-refractivity contribution in [3.8, 4) is 11.3 Å². The molecule has 0 unspecified atom stereocenters. The van der Waals surface area contributed by atoms with Gasteiger partial charge in [-0.2, -0.15) is 0 Å². The van der Waals surface area contributed by atoms with Crippen molar-refractivity contribution in [1.82, 2.24) is 4.98 Å². The highest BCUT2D eigenvalue weighted by Gasteiger charge is 2.19. The van der Waals surface area contributed by atoms with Crippen LogP contribution in [0.4, 0.5) is 10.8 Å². The number of amides is 1. The SMILES string of the molecule is Cc1ccc(S(=O)(=O)Nc2ccccc2C(=O)Nc2nc(-c3ccc(C)c(C)c3)cs2)cc1. The Kier molecular flexibility index (Phi) is 6.31. The molecule has 33 heavy (non-hydrogen) atoms. The van der Waals surface area contributed by atoms with E-state index in [0.29, 0.717) is 5.13 Å². The standard InChI is InChI=1S/C25H23N3O3S2/c1-16-8-12-20(13-9-16)33(30,31)28-22-7-5-4-6-21(22)24(29)27-25-26-23(15-32-25)19-11-10-17(2)18(3)14-19/h4-15,28H,1-3H3,(H,26,27,29). The highest BCUT2D eigenvalue weighted by molar-refractivity contribution is 7.92. The Morgan fingerprint density at radius 2 is 1.64 bits per heavy atom. The van der Waals surface area contributed by atoms with E-state index in [4.69, 9.17) is 0 Å². The third kappa shape index (κ3) is 5.13. The van der Waals surface area contributed by atoms with Gasteiger partial charge in [-0.15, -0.1) is 11.3 Å². The molecule has 0 bridgehead atoms. The van der Waals surface area contributed by atoms with Crippen LogP contribution in [0.25, 0.3) is 11.3 Å². The minimum absolute atomic E-state index is 0.126. The summed E-state index contributed by atoms with van der Waals surface area (Å²) in [7, 11) is -3.84. The number of carbonyl (C=O) groups excluding carboxylic acids is 1. The van der Waals surface area contributed by atoms with Crippen molar-refractivity contribution in [3.05, 3.63) is 94.4 Å². The molecule has 0 aliphatic rings. The van der Waals surface area contributed by atoms with Crippen molar-refractivity contribution in [1.29, 1.82) is 0 Å². The first-order chi connectivity index (χ1) is 15.7. The number of nitrogens with one attached hydrogen (secondary N) is 2. The molecule has 3 aromatic carbocycles. The maximum absolute atomic E-state index is 13.0. The number of aryl methyl sites for hydroxylation is 3. The first-order valence-corrected chi connectivity index (χ1v) is 12.6. The summed E-state index contributed by atoms with van der Waals surface area (Å²) in [5.41, 5.74) is 5.47. The second kappa shape index (κ2) is 9.17. The Bertz CT molecular complexity index is 1430. The smallest absolute Gasteiger partial charge is 0.261 e. The summed E-state index contributed by atoms with van der Waals surface area (Å²) in [6.07, 6.45) is 0. The molecular formula is C25H23N3O3S2. The maximum atomic E-state index is 13.0. The number of rotatable bonds is 6. The number of para-hydroxylation sites is 1. The molecule has 0 spiro atoms. The van der Waals surface area contributed by atoms with E-state index >= 15 is 0 Å². The molecular weight excluding hydrogens is 454 g/mol. The minimum atomic E-state index is -3.84. The van der Waals surface area contributed by atoms with Crippen LogP contribution in [0.5, 0.6) is 0 Å². The van der Waals surface area contributed by atoms with Gasteiger partial charge < -0.3 is 0 Å². The van der Waals surface area contributed by atoms with Crippen LogP contribution in [0.1, 0.15) is 27.0 Å². The number of thiazole rings is 1. The maximum Gasteiger partial charge on any atom is 0.261 e. The van der Waals surface area contributed by atoms with Crippen LogP contribution in [0.2, 0.25) is 0 Å². The van der Waals surface area contributed by atoms with Crippen molar-refractivity contribution in [3.63, 3.8) is 0 Å². The van der Waals surface area contributed by atoms with E-state index in [2.05, 4.69) is 28.0 Å². The lowest BCUT2D eigenvalue weighted by atomic mass is 10.1. The van der Waals surface area contributed by atoms with E-state index in [1.165, 1.54) is 34.6 Å². The molecule has 0 saturated heterocycles. The fraction of sp³-hybridized carbons (Fsp3) is 0.120. The topological polar surface area (TPSA) is 88.2 Å². The van der Waals surface area contributed by atoms with E-state index in [1.54, 1.807) is 36.4 Å². The van der Waals surface area contributed by atoms with Crippen molar-refractivity contribution >= 4 is 38.1 Å². The van der Waals surface area contributed by atoms with Gasteiger partial charge in [0.25, 0.3) is 15.9 Å². The van der Waals surface area contributed by atoms with E-state index < -0.39 is 15.9 Å². The number of nitrogens with zero attached hydrogens (tertiary/aromatic N) is 1. The van der Waals surface area contributed by atoms with E-state index in [1.807, 2.05) is 31.4 Å². The van der Waals surface area contributed by atoms with Crippen LogP contribution in [0.3, 0.4) is 0 Å². The Morgan fingerprint density at radius 3 is 2.36 bits per heavy atom. The zero-order valence-corrected chi connectivity index (χ0v) is 20.0. The monoisotopic (exact) mass is 477 g/mol. The number of benzene rings is 3.